The molecule has 3 N–H and O–H groups in total. The number of hydrogen-bond acceptors (Lipinski definition) is 5. The molecule has 0 unspecified atom stereocenters. The van der Waals surface area contributed by atoms with Gasteiger partial charge in [0.1, 0.15) is 5.82 Å². The number of benzene rings is 1. The van der Waals surface area contributed by atoms with Crippen molar-refractivity contribution >= 4 is 5.82 Å². The lowest BCUT2D eigenvalue weighted by Gasteiger charge is -2.14. The molecule has 0 saturated carbocycles. The smallest absolute Gasteiger partial charge is 0.161 e. The summed E-state index contributed by atoms with van der Waals surface area (Å²) in [4.78, 5) is 0. The Morgan fingerprint density at radius 1 is 1.11 bits per heavy atom. The molecule has 0 atom stereocenters. The van der Waals surface area contributed by atoms with Crippen molar-refractivity contribution < 1.29 is 14.2 Å². The summed E-state index contributed by atoms with van der Waals surface area (Å²) in [6.45, 7) is 0.445. The van der Waals surface area contributed by atoms with Gasteiger partial charge in [-0.15, -0.1) is 0 Å². The first-order valence-corrected chi connectivity index (χ1v) is 5.74. The Labute approximate surface area is 111 Å². The van der Waals surface area contributed by atoms with Crippen molar-refractivity contribution in [2.45, 2.75) is 6.61 Å². The number of aromatic amines is 1. The van der Waals surface area contributed by atoms with Crippen molar-refractivity contribution in [1.29, 1.82) is 0 Å². The summed E-state index contributed by atoms with van der Waals surface area (Å²) in [5, 5.41) is 6.65. The van der Waals surface area contributed by atoms with E-state index < -0.39 is 0 Å². The number of hydrogen-bond donors (Lipinski definition) is 2. The summed E-state index contributed by atoms with van der Waals surface area (Å²) >= 11 is 0. The fourth-order valence-corrected chi connectivity index (χ4v) is 1.96. The van der Waals surface area contributed by atoms with Gasteiger partial charge in [-0.25, -0.2) is 0 Å². The minimum atomic E-state index is 0.445. The lowest BCUT2D eigenvalue weighted by atomic mass is 10.0. The molecule has 102 valence electrons. The van der Waals surface area contributed by atoms with Crippen molar-refractivity contribution in [3.05, 3.63) is 23.9 Å². The number of nitrogens with one attached hydrogen (secondary N) is 1. The quantitative estimate of drug-likeness (QED) is 0.859. The normalized spacial score (nSPS) is 10.5. The van der Waals surface area contributed by atoms with E-state index >= 15 is 0 Å². The zero-order valence-electron chi connectivity index (χ0n) is 11.2. The van der Waals surface area contributed by atoms with E-state index in [1.807, 2.05) is 12.1 Å². The Morgan fingerprint density at radius 3 is 2.32 bits per heavy atom. The third kappa shape index (κ3) is 2.48. The highest BCUT2D eigenvalue weighted by molar-refractivity contribution is 5.78. The van der Waals surface area contributed by atoms with Crippen LogP contribution in [0.15, 0.2) is 18.3 Å². The molecule has 0 aliphatic heterocycles. The van der Waals surface area contributed by atoms with E-state index in [1.54, 1.807) is 27.5 Å². The molecule has 0 aliphatic carbocycles. The van der Waals surface area contributed by atoms with Gasteiger partial charge in [0.25, 0.3) is 0 Å². The maximum Gasteiger partial charge on any atom is 0.161 e. The predicted molar refractivity (Wildman–Crippen MR) is 72.3 cm³/mol. The van der Waals surface area contributed by atoms with Crippen LogP contribution in [0.5, 0.6) is 11.5 Å². The third-order valence-corrected chi connectivity index (χ3v) is 2.87. The molecule has 19 heavy (non-hydrogen) atoms. The number of rotatable bonds is 5. The first-order chi connectivity index (χ1) is 9.21. The molecule has 1 aromatic carbocycles. The molecular formula is C13H17N3O3. The number of nitrogens with two attached hydrogens (primary N) is 1. The Bertz CT molecular complexity index is 566. The largest absolute Gasteiger partial charge is 0.493 e. The number of H-pyrrole nitrogens is 1. The first kappa shape index (κ1) is 13.2. The lowest BCUT2D eigenvalue weighted by Crippen LogP contribution is -1.98. The molecule has 0 radical (unpaired) electrons. The van der Waals surface area contributed by atoms with Crippen LogP contribution >= 0.6 is 0 Å². The van der Waals surface area contributed by atoms with Crippen molar-refractivity contribution in [2.24, 2.45) is 0 Å². The van der Waals surface area contributed by atoms with Gasteiger partial charge in [-0.3, -0.25) is 5.10 Å². The molecule has 1 heterocycles. The first-order valence-electron chi connectivity index (χ1n) is 5.74. The summed E-state index contributed by atoms with van der Waals surface area (Å²) in [5.74, 6) is 1.79. The van der Waals surface area contributed by atoms with Gasteiger partial charge in [-0.1, -0.05) is 0 Å². The maximum absolute atomic E-state index is 5.87. The van der Waals surface area contributed by atoms with Crippen LogP contribution in [0.4, 0.5) is 5.82 Å². The van der Waals surface area contributed by atoms with Crippen LogP contribution in [-0.4, -0.2) is 31.5 Å². The minimum absolute atomic E-state index is 0.445. The molecule has 6 nitrogen and oxygen atoms in total. The molecule has 1 aromatic heterocycles. The Balaban J connectivity index is 2.60. The predicted octanol–water partition coefficient (Wildman–Crippen LogP) is 1.82. The number of anilines is 1. The van der Waals surface area contributed by atoms with E-state index in [4.69, 9.17) is 19.9 Å². The molecule has 0 amide bonds. The number of nitrogen functional groups attached to an aromatic ring is 1. The Morgan fingerprint density at radius 2 is 1.79 bits per heavy atom. The number of ether oxygens (including phenoxy) is 3. The summed E-state index contributed by atoms with van der Waals surface area (Å²) in [5.41, 5.74) is 8.54. The summed E-state index contributed by atoms with van der Waals surface area (Å²) in [7, 11) is 4.83. The van der Waals surface area contributed by atoms with Gasteiger partial charge < -0.3 is 19.9 Å². The van der Waals surface area contributed by atoms with Crippen LogP contribution in [0.2, 0.25) is 0 Å². The summed E-state index contributed by atoms with van der Waals surface area (Å²) in [6.07, 6.45) is 1.68. The second kappa shape index (κ2) is 5.62. The molecule has 2 aromatic rings. The summed E-state index contributed by atoms with van der Waals surface area (Å²) in [6, 6.07) is 3.75. The van der Waals surface area contributed by atoms with Gasteiger partial charge in [0.05, 0.1) is 27.0 Å². The van der Waals surface area contributed by atoms with Gasteiger partial charge in [-0.05, 0) is 23.3 Å². The van der Waals surface area contributed by atoms with E-state index in [9.17, 15) is 0 Å². The minimum Gasteiger partial charge on any atom is -0.493 e. The molecular weight excluding hydrogens is 246 g/mol. The SMILES string of the molecule is COCc1cc(OC)c(OC)cc1-c1cn[nH]c1N. The molecule has 0 spiro atoms. The van der Waals surface area contributed by atoms with Gasteiger partial charge >= 0.3 is 0 Å². The maximum atomic E-state index is 5.87. The molecule has 6 heteroatoms. The van der Waals surface area contributed by atoms with E-state index in [2.05, 4.69) is 10.2 Å². The zero-order valence-corrected chi connectivity index (χ0v) is 11.2. The second-order valence-corrected chi connectivity index (χ2v) is 3.99. The average molecular weight is 263 g/mol. The van der Waals surface area contributed by atoms with Crippen LogP contribution in [-0.2, 0) is 11.3 Å². The van der Waals surface area contributed by atoms with Crippen LogP contribution in [0, 0.1) is 0 Å². The fraction of sp³-hybridized carbons (Fsp3) is 0.308. The number of nitrogens with zero attached hydrogens (tertiary/aromatic N) is 1. The summed E-state index contributed by atoms with van der Waals surface area (Å²) < 4.78 is 15.8. The highest BCUT2D eigenvalue weighted by atomic mass is 16.5. The van der Waals surface area contributed by atoms with Crippen molar-refractivity contribution in [3.63, 3.8) is 0 Å². The molecule has 0 bridgehead atoms. The monoisotopic (exact) mass is 263 g/mol. The zero-order chi connectivity index (χ0) is 13.8. The second-order valence-electron chi connectivity index (χ2n) is 3.99. The molecule has 0 aliphatic rings. The van der Waals surface area contributed by atoms with Gasteiger partial charge in [-0.2, -0.15) is 5.10 Å². The van der Waals surface area contributed by atoms with Gasteiger partial charge in [0.15, 0.2) is 11.5 Å². The van der Waals surface area contributed by atoms with Crippen LogP contribution in [0.25, 0.3) is 11.1 Å². The van der Waals surface area contributed by atoms with E-state index in [-0.39, 0.29) is 0 Å². The number of aromatic nitrogens is 2. The highest BCUT2D eigenvalue weighted by Crippen LogP contribution is 2.37. The van der Waals surface area contributed by atoms with Crippen molar-refractivity contribution in [1.82, 2.24) is 10.2 Å². The standard InChI is InChI=1S/C13H17N3O3/c1-17-7-8-4-11(18-2)12(19-3)5-9(8)10-6-15-16-13(10)14/h4-6H,7H2,1-3H3,(H3,14,15,16). The van der Waals surface area contributed by atoms with Gasteiger partial charge in [0, 0.05) is 12.7 Å². The fourth-order valence-electron chi connectivity index (χ4n) is 1.96. The van der Waals surface area contributed by atoms with E-state index in [1.165, 1.54) is 0 Å². The van der Waals surface area contributed by atoms with Crippen molar-refractivity contribution in [3.8, 4) is 22.6 Å². The highest BCUT2D eigenvalue weighted by Gasteiger charge is 2.15. The third-order valence-electron chi connectivity index (χ3n) is 2.87. The Hall–Kier alpha value is -2.21. The van der Waals surface area contributed by atoms with Crippen LogP contribution in [0.1, 0.15) is 5.56 Å². The average Bonchev–Trinajstić information content (AvgIpc) is 2.84. The van der Waals surface area contributed by atoms with Crippen LogP contribution in [0.3, 0.4) is 0 Å². The van der Waals surface area contributed by atoms with Crippen LogP contribution < -0.4 is 15.2 Å². The Kier molecular flexibility index (Phi) is 3.91. The number of methoxy groups -OCH3 is 3. The lowest BCUT2D eigenvalue weighted by molar-refractivity contribution is 0.185. The topological polar surface area (TPSA) is 82.4 Å². The van der Waals surface area contributed by atoms with E-state index in [0.29, 0.717) is 23.9 Å². The van der Waals surface area contributed by atoms with Crippen molar-refractivity contribution in [2.75, 3.05) is 27.1 Å². The van der Waals surface area contributed by atoms with E-state index in [0.717, 1.165) is 16.7 Å². The molecule has 0 fully saturated rings. The molecule has 0 saturated heterocycles. The molecule has 2 rings (SSSR count). The van der Waals surface area contributed by atoms with Gasteiger partial charge in [0.2, 0.25) is 0 Å².